The van der Waals surface area contributed by atoms with E-state index in [0.717, 1.165) is 0 Å². The summed E-state index contributed by atoms with van der Waals surface area (Å²) >= 11 is 0. The fourth-order valence-corrected chi connectivity index (χ4v) is 1.69. The van der Waals surface area contributed by atoms with E-state index in [-0.39, 0.29) is 22.5 Å². The topological polar surface area (TPSA) is 83.2 Å². The van der Waals surface area contributed by atoms with Crippen LogP contribution in [-0.2, 0) is 4.74 Å². The molecule has 1 aromatic heterocycles. The molecule has 0 aliphatic carbocycles. The maximum Gasteiger partial charge on any atom is 0.356 e. The van der Waals surface area contributed by atoms with Gasteiger partial charge in [-0.15, -0.1) is 6.42 Å². The summed E-state index contributed by atoms with van der Waals surface area (Å²) in [5, 5.41) is 19.3. The predicted octanol–water partition coefficient (Wildman–Crippen LogP) is 1.58. The van der Waals surface area contributed by atoms with Crippen molar-refractivity contribution in [1.29, 1.82) is 5.26 Å². The fraction of sp³-hybridized carbons (Fsp3) is 0.0714. The first-order valence-electron chi connectivity index (χ1n) is 5.23. The van der Waals surface area contributed by atoms with Crippen LogP contribution in [0.4, 0.5) is 0 Å². The van der Waals surface area contributed by atoms with Gasteiger partial charge < -0.3 is 9.84 Å². The number of carbonyl (C=O) groups excluding carboxylic acids is 1. The van der Waals surface area contributed by atoms with Crippen molar-refractivity contribution >= 4 is 16.9 Å². The quantitative estimate of drug-likeness (QED) is 0.615. The molecule has 0 bridgehead atoms. The summed E-state index contributed by atoms with van der Waals surface area (Å²) in [4.78, 5) is 15.4. The molecule has 0 fully saturated rings. The Hall–Kier alpha value is -3.05. The molecular formula is C14H8N2O3. The molecule has 2 aromatic rings. The number of terminal acetylenes is 1. The highest BCUT2D eigenvalue weighted by Crippen LogP contribution is 2.28. The molecule has 0 spiro atoms. The molecule has 0 unspecified atom stereocenters. The van der Waals surface area contributed by atoms with E-state index in [1.54, 1.807) is 0 Å². The summed E-state index contributed by atoms with van der Waals surface area (Å²) in [5.74, 6) is 1.51. The van der Waals surface area contributed by atoms with E-state index in [1.807, 2.05) is 6.07 Å². The zero-order chi connectivity index (χ0) is 14.0. The van der Waals surface area contributed by atoms with E-state index >= 15 is 0 Å². The molecule has 0 atom stereocenters. The first-order chi connectivity index (χ1) is 9.10. The number of nitrogens with zero attached hydrogens (tertiary/aromatic N) is 2. The number of methoxy groups -OCH3 is 1. The summed E-state index contributed by atoms with van der Waals surface area (Å²) in [5.41, 5.74) is 0.776. The van der Waals surface area contributed by atoms with E-state index in [4.69, 9.17) is 11.7 Å². The number of nitriles is 1. The normalized spacial score (nSPS) is 9.63. The number of benzene rings is 1. The summed E-state index contributed by atoms with van der Waals surface area (Å²) in [6.45, 7) is 0. The van der Waals surface area contributed by atoms with E-state index in [1.165, 1.54) is 25.3 Å². The van der Waals surface area contributed by atoms with Crippen molar-refractivity contribution in [3.05, 3.63) is 35.0 Å². The zero-order valence-electron chi connectivity index (χ0n) is 9.97. The van der Waals surface area contributed by atoms with Crippen LogP contribution in [0, 0.1) is 23.7 Å². The number of pyridine rings is 1. The van der Waals surface area contributed by atoms with Crippen LogP contribution >= 0.6 is 0 Å². The molecule has 0 saturated heterocycles. The first-order valence-corrected chi connectivity index (χ1v) is 5.23. The Bertz CT molecular complexity index is 767. The molecule has 0 aliphatic rings. The lowest BCUT2D eigenvalue weighted by molar-refractivity contribution is 0.0594. The Balaban J connectivity index is 2.86. The van der Waals surface area contributed by atoms with Crippen LogP contribution in [0.3, 0.4) is 0 Å². The van der Waals surface area contributed by atoms with Crippen LogP contribution in [0.5, 0.6) is 5.75 Å². The molecular weight excluding hydrogens is 244 g/mol. The summed E-state index contributed by atoms with van der Waals surface area (Å²) in [6.07, 6.45) is 5.28. The van der Waals surface area contributed by atoms with Crippen LogP contribution in [0.25, 0.3) is 10.9 Å². The van der Waals surface area contributed by atoms with Crippen LogP contribution in [0.2, 0.25) is 0 Å². The van der Waals surface area contributed by atoms with Crippen molar-refractivity contribution < 1.29 is 14.6 Å². The second-order valence-electron chi connectivity index (χ2n) is 3.69. The number of hydrogen-bond donors (Lipinski definition) is 1. The number of hydrogen-bond acceptors (Lipinski definition) is 5. The molecule has 1 N–H and O–H groups in total. The van der Waals surface area contributed by atoms with Crippen molar-refractivity contribution in [1.82, 2.24) is 4.98 Å². The molecule has 0 radical (unpaired) electrons. The molecule has 0 amide bonds. The van der Waals surface area contributed by atoms with Crippen LogP contribution in [0.15, 0.2) is 18.2 Å². The molecule has 5 heteroatoms. The summed E-state index contributed by atoms with van der Waals surface area (Å²) in [6, 6.07) is 6.11. The summed E-state index contributed by atoms with van der Waals surface area (Å²) < 4.78 is 4.53. The Morgan fingerprint density at radius 1 is 1.47 bits per heavy atom. The standard InChI is InChI=1S/C14H8N2O3/c1-3-8-4-9(7-15)13-10(5-8)12(17)6-11(16-13)14(18)19-2/h1,4-6H,2H3,(H,16,17). The zero-order valence-corrected chi connectivity index (χ0v) is 9.97. The van der Waals surface area contributed by atoms with Gasteiger partial charge in [0.15, 0.2) is 5.69 Å². The first kappa shape index (κ1) is 12.4. The van der Waals surface area contributed by atoms with Crippen molar-refractivity contribution in [2.75, 3.05) is 7.11 Å². The number of esters is 1. The molecule has 0 aliphatic heterocycles. The second kappa shape index (κ2) is 4.67. The lowest BCUT2D eigenvalue weighted by Gasteiger charge is -2.06. The molecule has 19 heavy (non-hydrogen) atoms. The van der Waals surface area contributed by atoms with Crippen LogP contribution in [0.1, 0.15) is 21.6 Å². The lowest BCUT2D eigenvalue weighted by Crippen LogP contribution is -2.04. The average molecular weight is 252 g/mol. The van der Waals surface area contributed by atoms with Gasteiger partial charge in [-0.05, 0) is 12.1 Å². The molecule has 92 valence electrons. The molecule has 0 saturated carbocycles. The molecule has 5 nitrogen and oxygen atoms in total. The van der Waals surface area contributed by atoms with Gasteiger partial charge in [-0.1, -0.05) is 5.92 Å². The maximum absolute atomic E-state index is 11.4. The van der Waals surface area contributed by atoms with Gasteiger partial charge in [0.2, 0.25) is 0 Å². The van der Waals surface area contributed by atoms with E-state index in [2.05, 4.69) is 15.6 Å². The highest BCUT2D eigenvalue weighted by atomic mass is 16.5. The predicted molar refractivity (Wildman–Crippen MR) is 67.4 cm³/mol. The number of aromatic hydroxyl groups is 1. The van der Waals surface area contributed by atoms with Gasteiger partial charge in [-0.3, -0.25) is 0 Å². The van der Waals surface area contributed by atoms with Gasteiger partial charge >= 0.3 is 5.97 Å². The summed E-state index contributed by atoms with van der Waals surface area (Å²) in [7, 11) is 1.21. The molecule has 2 rings (SSSR count). The Morgan fingerprint density at radius 2 is 2.21 bits per heavy atom. The Kier molecular flexibility index (Phi) is 3.05. The minimum atomic E-state index is -0.692. The van der Waals surface area contributed by atoms with E-state index in [0.29, 0.717) is 10.9 Å². The van der Waals surface area contributed by atoms with Gasteiger partial charge in [-0.25, -0.2) is 9.78 Å². The number of rotatable bonds is 1. The number of carbonyl (C=O) groups is 1. The minimum absolute atomic E-state index is 0.0718. The van der Waals surface area contributed by atoms with Crippen molar-refractivity contribution in [2.45, 2.75) is 0 Å². The maximum atomic E-state index is 11.4. The molecule has 1 aromatic carbocycles. The smallest absolute Gasteiger partial charge is 0.356 e. The van der Waals surface area contributed by atoms with Gasteiger partial charge in [0.05, 0.1) is 18.2 Å². The van der Waals surface area contributed by atoms with Gasteiger partial charge in [0.1, 0.15) is 11.8 Å². The average Bonchev–Trinajstić information content (AvgIpc) is 2.45. The largest absolute Gasteiger partial charge is 0.507 e. The van der Waals surface area contributed by atoms with E-state index < -0.39 is 5.97 Å². The van der Waals surface area contributed by atoms with Crippen molar-refractivity contribution in [3.63, 3.8) is 0 Å². The highest BCUT2D eigenvalue weighted by molar-refractivity contribution is 5.96. The SMILES string of the molecule is C#Cc1cc(C#N)c2nc(C(=O)OC)cc(O)c2c1. The third-order valence-corrected chi connectivity index (χ3v) is 2.57. The van der Waals surface area contributed by atoms with Gasteiger partial charge in [0, 0.05) is 17.0 Å². The highest BCUT2D eigenvalue weighted by Gasteiger charge is 2.15. The van der Waals surface area contributed by atoms with Gasteiger partial charge in [0.25, 0.3) is 0 Å². The van der Waals surface area contributed by atoms with Gasteiger partial charge in [-0.2, -0.15) is 5.26 Å². The minimum Gasteiger partial charge on any atom is -0.507 e. The number of fused-ring (bicyclic) bond motifs is 1. The third-order valence-electron chi connectivity index (χ3n) is 2.57. The second-order valence-corrected chi connectivity index (χ2v) is 3.69. The molecule has 1 heterocycles. The monoisotopic (exact) mass is 252 g/mol. The Labute approximate surface area is 109 Å². The van der Waals surface area contributed by atoms with Crippen LogP contribution in [-0.4, -0.2) is 23.2 Å². The third kappa shape index (κ3) is 2.05. The fourth-order valence-electron chi connectivity index (χ4n) is 1.69. The Morgan fingerprint density at radius 3 is 2.79 bits per heavy atom. The van der Waals surface area contributed by atoms with Crippen molar-refractivity contribution in [2.24, 2.45) is 0 Å². The number of aromatic nitrogens is 1. The number of ether oxygens (including phenoxy) is 1. The van der Waals surface area contributed by atoms with Crippen LogP contribution < -0.4 is 0 Å². The lowest BCUT2D eigenvalue weighted by atomic mass is 10.0. The van der Waals surface area contributed by atoms with Crippen molar-refractivity contribution in [3.8, 4) is 24.2 Å². The van der Waals surface area contributed by atoms with E-state index in [9.17, 15) is 9.90 Å².